The van der Waals surface area contributed by atoms with Crippen LogP contribution in [0.4, 0.5) is 0 Å². The van der Waals surface area contributed by atoms with Crippen molar-refractivity contribution in [1.82, 2.24) is 5.32 Å². The molecule has 3 nitrogen and oxygen atoms in total. The van der Waals surface area contributed by atoms with E-state index in [1.54, 1.807) is 0 Å². The second-order valence-electron chi connectivity index (χ2n) is 5.88. The largest absolute Gasteiger partial charge is 0.387 e. The number of nitriles is 1. The SMILES string of the molecule is CCCC1CCC(C#N)(C2(O)CCNC2)CC1. The molecule has 1 saturated heterocycles. The average molecular weight is 236 g/mol. The normalized spacial score (nSPS) is 42.3. The summed E-state index contributed by atoms with van der Waals surface area (Å²) in [5.74, 6) is 0.777. The Morgan fingerprint density at radius 1 is 1.35 bits per heavy atom. The molecule has 1 heterocycles. The summed E-state index contributed by atoms with van der Waals surface area (Å²) in [6.45, 7) is 3.66. The third-order valence-electron chi connectivity index (χ3n) is 4.89. The molecule has 0 aromatic carbocycles. The summed E-state index contributed by atoms with van der Waals surface area (Å²) in [6, 6.07) is 2.47. The lowest BCUT2D eigenvalue weighted by atomic mass is 9.61. The Balaban J connectivity index is 2.05. The summed E-state index contributed by atoms with van der Waals surface area (Å²) < 4.78 is 0. The van der Waals surface area contributed by atoms with E-state index in [1.165, 1.54) is 12.8 Å². The van der Waals surface area contributed by atoms with Crippen molar-refractivity contribution in [3.63, 3.8) is 0 Å². The second kappa shape index (κ2) is 4.96. The van der Waals surface area contributed by atoms with Gasteiger partial charge in [0.2, 0.25) is 0 Å². The highest BCUT2D eigenvalue weighted by Crippen LogP contribution is 2.49. The summed E-state index contributed by atoms with van der Waals surface area (Å²) >= 11 is 0. The van der Waals surface area contributed by atoms with Gasteiger partial charge in [0.25, 0.3) is 0 Å². The van der Waals surface area contributed by atoms with Crippen molar-refractivity contribution >= 4 is 0 Å². The van der Waals surface area contributed by atoms with Crippen molar-refractivity contribution in [2.45, 2.75) is 57.5 Å². The van der Waals surface area contributed by atoms with Gasteiger partial charge in [-0.2, -0.15) is 5.26 Å². The highest BCUT2D eigenvalue weighted by molar-refractivity contribution is 5.15. The molecule has 1 aliphatic heterocycles. The van der Waals surface area contributed by atoms with Crippen LogP contribution in [0.5, 0.6) is 0 Å². The molecule has 96 valence electrons. The predicted molar refractivity (Wildman–Crippen MR) is 67.3 cm³/mol. The topological polar surface area (TPSA) is 56.0 Å². The fourth-order valence-corrected chi connectivity index (χ4v) is 3.64. The van der Waals surface area contributed by atoms with Crippen LogP contribution in [0.3, 0.4) is 0 Å². The lowest BCUT2D eigenvalue weighted by molar-refractivity contribution is -0.0626. The minimum atomic E-state index is -0.779. The van der Waals surface area contributed by atoms with E-state index in [2.05, 4.69) is 18.3 Å². The van der Waals surface area contributed by atoms with E-state index in [0.717, 1.165) is 44.6 Å². The van der Waals surface area contributed by atoms with Crippen LogP contribution in [-0.2, 0) is 0 Å². The number of nitrogens with one attached hydrogen (secondary N) is 1. The van der Waals surface area contributed by atoms with E-state index in [1.807, 2.05) is 0 Å². The zero-order valence-electron chi connectivity index (χ0n) is 10.8. The van der Waals surface area contributed by atoms with Crippen LogP contribution in [0, 0.1) is 22.7 Å². The van der Waals surface area contributed by atoms with Gasteiger partial charge in [0.15, 0.2) is 0 Å². The summed E-state index contributed by atoms with van der Waals surface area (Å²) in [4.78, 5) is 0. The molecular weight excluding hydrogens is 212 g/mol. The van der Waals surface area contributed by atoms with Crippen LogP contribution < -0.4 is 5.32 Å². The first-order valence-corrected chi connectivity index (χ1v) is 7.00. The molecule has 0 radical (unpaired) electrons. The Bertz CT molecular complexity index is 294. The molecule has 2 fully saturated rings. The Morgan fingerprint density at radius 2 is 2.06 bits per heavy atom. The first-order valence-electron chi connectivity index (χ1n) is 7.00. The van der Waals surface area contributed by atoms with Crippen LogP contribution in [0.25, 0.3) is 0 Å². The first-order chi connectivity index (χ1) is 8.16. The third-order valence-corrected chi connectivity index (χ3v) is 4.89. The van der Waals surface area contributed by atoms with Gasteiger partial charge in [0, 0.05) is 6.54 Å². The van der Waals surface area contributed by atoms with Crippen molar-refractivity contribution in [1.29, 1.82) is 5.26 Å². The fraction of sp³-hybridized carbons (Fsp3) is 0.929. The summed E-state index contributed by atoms with van der Waals surface area (Å²) in [5.41, 5.74) is -1.26. The van der Waals surface area contributed by atoms with E-state index in [9.17, 15) is 10.4 Å². The number of rotatable bonds is 3. The van der Waals surface area contributed by atoms with Gasteiger partial charge in [0.05, 0.1) is 17.1 Å². The Labute approximate surface area is 104 Å². The monoisotopic (exact) mass is 236 g/mol. The van der Waals surface area contributed by atoms with Crippen LogP contribution in [0.1, 0.15) is 51.9 Å². The van der Waals surface area contributed by atoms with Crippen molar-refractivity contribution < 1.29 is 5.11 Å². The molecule has 2 rings (SSSR count). The molecule has 2 N–H and O–H groups in total. The van der Waals surface area contributed by atoms with E-state index in [4.69, 9.17) is 0 Å². The zero-order valence-corrected chi connectivity index (χ0v) is 10.8. The molecule has 0 aromatic rings. The molecule has 0 bridgehead atoms. The molecule has 0 spiro atoms. The molecule has 1 saturated carbocycles. The predicted octanol–water partition coefficient (Wildman–Crippen LogP) is 2.21. The molecule has 1 unspecified atom stereocenters. The Morgan fingerprint density at radius 3 is 2.53 bits per heavy atom. The number of hydrogen-bond donors (Lipinski definition) is 2. The summed E-state index contributed by atoms with van der Waals surface area (Å²) in [6.07, 6.45) is 7.24. The van der Waals surface area contributed by atoms with E-state index < -0.39 is 11.0 Å². The fourth-order valence-electron chi connectivity index (χ4n) is 3.64. The van der Waals surface area contributed by atoms with Gasteiger partial charge in [0.1, 0.15) is 0 Å². The van der Waals surface area contributed by atoms with Gasteiger partial charge < -0.3 is 10.4 Å². The maximum Gasteiger partial charge on any atom is 0.0968 e. The Kier molecular flexibility index (Phi) is 3.75. The number of nitrogens with zero attached hydrogens (tertiary/aromatic N) is 1. The standard InChI is InChI=1S/C14H24N2O/c1-2-3-12-4-6-13(10-15,7-5-12)14(17)8-9-16-11-14/h12,16-17H,2-9,11H2,1H3. The van der Waals surface area contributed by atoms with E-state index in [-0.39, 0.29) is 0 Å². The van der Waals surface area contributed by atoms with Crippen molar-refractivity contribution in [3.05, 3.63) is 0 Å². The van der Waals surface area contributed by atoms with E-state index in [0.29, 0.717) is 6.54 Å². The summed E-state index contributed by atoms with van der Waals surface area (Å²) in [7, 11) is 0. The smallest absolute Gasteiger partial charge is 0.0968 e. The summed E-state index contributed by atoms with van der Waals surface area (Å²) in [5, 5.41) is 23.4. The molecule has 17 heavy (non-hydrogen) atoms. The van der Waals surface area contributed by atoms with Gasteiger partial charge in [-0.15, -0.1) is 0 Å². The molecule has 0 amide bonds. The lowest BCUT2D eigenvalue weighted by Gasteiger charge is -2.44. The van der Waals surface area contributed by atoms with Crippen LogP contribution in [-0.4, -0.2) is 23.8 Å². The molecule has 0 aromatic heterocycles. The number of hydrogen-bond acceptors (Lipinski definition) is 3. The number of β-amino-alcohol motifs (C(OH)–C–C–N with tert-alkyl or cyclic N) is 1. The maximum atomic E-state index is 10.7. The minimum absolute atomic E-state index is 0.485. The molecule has 2 aliphatic rings. The number of aliphatic hydroxyl groups is 1. The second-order valence-corrected chi connectivity index (χ2v) is 5.88. The van der Waals surface area contributed by atoms with Crippen LogP contribution in [0.15, 0.2) is 0 Å². The van der Waals surface area contributed by atoms with Gasteiger partial charge in [-0.3, -0.25) is 0 Å². The minimum Gasteiger partial charge on any atom is -0.387 e. The van der Waals surface area contributed by atoms with Crippen LogP contribution in [0.2, 0.25) is 0 Å². The lowest BCUT2D eigenvalue weighted by Crippen LogP contribution is -2.51. The molecule has 3 heteroatoms. The quantitative estimate of drug-likeness (QED) is 0.790. The highest BCUT2D eigenvalue weighted by Gasteiger charge is 2.53. The third kappa shape index (κ3) is 2.21. The van der Waals surface area contributed by atoms with Gasteiger partial charge in [-0.25, -0.2) is 0 Å². The first kappa shape index (κ1) is 12.9. The van der Waals surface area contributed by atoms with Gasteiger partial charge >= 0.3 is 0 Å². The van der Waals surface area contributed by atoms with Crippen molar-refractivity contribution in [2.24, 2.45) is 11.3 Å². The van der Waals surface area contributed by atoms with Gasteiger partial charge in [-0.1, -0.05) is 19.8 Å². The van der Waals surface area contributed by atoms with Crippen LogP contribution >= 0.6 is 0 Å². The van der Waals surface area contributed by atoms with Crippen molar-refractivity contribution in [3.8, 4) is 6.07 Å². The average Bonchev–Trinajstić information content (AvgIpc) is 2.79. The molecule has 1 atom stereocenters. The Hall–Kier alpha value is -0.590. The van der Waals surface area contributed by atoms with Gasteiger partial charge in [-0.05, 0) is 44.6 Å². The van der Waals surface area contributed by atoms with Crippen molar-refractivity contribution in [2.75, 3.05) is 13.1 Å². The zero-order chi connectivity index (χ0) is 12.4. The van der Waals surface area contributed by atoms with E-state index >= 15 is 0 Å². The molecular formula is C14H24N2O. The highest BCUT2D eigenvalue weighted by atomic mass is 16.3. The molecule has 1 aliphatic carbocycles. The maximum absolute atomic E-state index is 10.7.